The summed E-state index contributed by atoms with van der Waals surface area (Å²) in [6.45, 7) is 7.28. The topological polar surface area (TPSA) is 237 Å². The highest BCUT2D eigenvalue weighted by atomic mass is 31.2. The zero-order chi connectivity index (χ0) is 69.8. The molecule has 0 aromatic rings. The smallest absolute Gasteiger partial charge is 0.462 e. The van der Waals surface area contributed by atoms with E-state index in [-0.39, 0.29) is 25.7 Å². The minimum absolute atomic E-state index is 0.108. The second-order valence-corrected chi connectivity index (χ2v) is 30.8. The van der Waals surface area contributed by atoms with E-state index in [4.69, 9.17) is 37.0 Å². The van der Waals surface area contributed by atoms with Gasteiger partial charge in [-0.05, 0) is 31.6 Å². The number of rotatable bonds is 76. The molecule has 3 N–H and O–H groups in total. The lowest BCUT2D eigenvalue weighted by Gasteiger charge is -2.21. The molecule has 0 aliphatic rings. The molecule has 0 rings (SSSR count). The molecule has 0 fully saturated rings. The van der Waals surface area contributed by atoms with E-state index >= 15 is 0 Å². The molecule has 5 atom stereocenters. The number of hydrogen-bond donors (Lipinski definition) is 3. The van der Waals surface area contributed by atoms with E-state index in [1.165, 1.54) is 212 Å². The van der Waals surface area contributed by atoms with Crippen LogP contribution >= 0.6 is 15.6 Å². The molecule has 564 valence electrons. The molecule has 0 saturated carbocycles. The Bertz CT molecular complexity index is 1820. The van der Waals surface area contributed by atoms with Crippen LogP contribution < -0.4 is 0 Å². The molecule has 0 heterocycles. The van der Waals surface area contributed by atoms with Gasteiger partial charge in [-0.25, -0.2) is 9.13 Å². The number of aliphatic hydroxyl groups is 1. The van der Waals surface area contributed by atoms with E-state index in [1.807, 2.05) is 0 Å². The number of hydrogen-bond acceptors (Lipinski definition) is 15. The number of phosphoric acid groups is 2. The molecule has 0 aromatic heterocycles. The minimum Gasteiger partial charge on any atom is -0.462 e. The summed E-state index contributed by atoms with van der Waals surface area (Å²) in [7, 11) is -9.90. The van der Waals surface area contributed by atoms with Crippen molar-refractivity contribution in [3.05, 3.63) is 0 Å². The minimum atomic E-state index is -4.96. The maximum Gasteiger partial charge on any atom is 0.472 e. The average Bonchev–Trinajstić information content (AvgIpc) is 1.36. The molecule has 0 saturated heterocycles. The summed E-state index contributed by atoms with van der Waals surface area (Å²) >= 11 is 0. The highest BCUT2D eigenvalue weighted by molar-refractivity contribution is 7.47. The normalized spacial score (nSPS) is 13.9. The summed E-state index contributed by atoms with van der Waals surface area (Å²) in [4.78, 5) is 72.7. The van der Waals surface area contributed by atoms with Crippen molar-refractivity contribution in [2.75, 3.05) is 39.6 Å². The van der Waals surface area contributed by atoms with Gasteiger partial charge in [0.25, 0.3) is 0 Å². The lowest BCUT2D eigenvalue weighted by molar-refractivity contribution is -0.161. The van der Waals surface area contributed by atoms with Crippen molar-refractivity contribution >= 4 is 39.5 Å². The fourth-order valence-corrected chi connectivity index (χ4v) is 13.3. The molecular formula is C76H148O17P2. The Hall–Kier alpha value is -1.94. The first-order valence-corrected chi connectivity index (χ1v) is 42.6. The lowest BCUT2D eigenvalue weighted by Crippen LogP contribution is -2.30. The van der Waals surface area contributed by atoms with Crippen LogP contribution in [0.4, 0.5) is 0 Å². The van der Waals surface area contributed by atoms with Crippen LogP contribution in [0.25, 0.3) is 0 Å². The Balaban J connectivity index is 5.19. The van der Waals surface area contributed by atoms with Crippen LogP contribution in [0.15, 0.2) is 0 Å². The van der Waals surface area contributed by atoms with E-state index in [0.29, 0.717) is 25.7 Å². The summed E-state index contributed by atoms with van der Waals surface area (Å²) in [5, 5.41) is 10.6. The molecule has 95 heavy (non-hydrogen) atoms. The van der Waals surface area contributed by atoms with Crippen LogP contribution in [0, 0.1) is 5.92 Å². The zero-order valence-corrected chi connectivity index (χ0v) is 63.6. The summed E-state index contributed by atoms with van der Waals surface area (Å²) in [6, 6.07) is 0. The van der Waals surface area contributed by atoms with Crippen molar-refractivity contribution in [3.63, 3.8) is 0 Å². The lowest BCUT2D eigenvalue weighted by atomic mass is 10.0. The van der Waals surface area contributed by atoms with E-state index in [9.17, 15) is 43.2 Å². The van der Waals surface area contributed by atoms with Gasteiger partial charge in [-0.2, -0.15) is 0 Å². The number of unbranched alkanes of at least 4 members (excludes halogenated alkanes) is 48. The Labute approximate surface area is 581 Å². The second-order valence-electron chi connectivity index (χ2n) is 27.9. The maximum atomic E-state index is 13.1. The van der Waals surface area contributed by atoms with Crippen molar-refractivity contribution in [2.24, 2.45) is 5.92 Å². The molecule has 0 aliphatic carbocycles. The standard InChI is InChI=1S/C76H148O17P2/c1-6-9-12-15-18-20-22-24-25-26-27-28-34-38-42-47-52-57-62-76(81)93-72(66-87-74(79)60-55-50-45-40-36-33-30-29-32-35-39-44-48-53-58-69(4)5)68-91-95(84,85)89-64-70(77)63-88-94(82,83)90-67-71(65-86-73(78)59-54-49-43-17-14-11-8-3)92-75(80)61-56-51-46-41-37-31-23-21-19-16-13-10-7-2/h69-72,77H,6-68H2,1-5H3,(H,82,83)(H,84,85)/t70-,71+,72+/m0/s1. The number of carbonyl (C=O) groups is 4. The summed E-state index contributed by atoms with van der Waals surface area (Å²) in [5.74, 6) is -1.32. The number of esters is 4. The van der Waals surface area contributed by atoms with Crippen LogP contribution in [0.1, 0.15) is 401 Å². The van der Waals surface area contributed by atoms with Gasteiger partial charge in [-0.3, -0.25) is 37.3 Å². The first-order chi connectivity index (χ1) is 46.0. The Morgan fingerprint density at radius 2 is 0.484 bits per heavy atom. The van der Waals surface area contributed by atoms with E-state index < -0.39 is 97.5 Å². The predicted octanol–water partition coefficient (Wildman–Crippen LogP) is 22.5. The fraction of sp³-hybridized carbons (Fsp3) is 0.947. The molecule has 0 radical (unpaired) electrons. The van der Waals surface area contributed by atoms with Crippen molar-refractivity contribution in [3.8, 4) is 0 Å². The largest absolute Gasteiger partial charge is 0.472 e. The third-order valence-electron chi connectivity index (χ3n) is 17.8. The molecule has 19 heteroatoms. The summed E-state index contributed by atoms with van der Waals surface area (Å²) < 4.78 is 68.4. The second kappa shape index (κ2) is 69.2. The molecule has 0 amide bonds. The van der Waals surface area contributed by atoms with Crippen molar-refractivity contribution in [1.82, 2.24) is 0 Å². The van der Waals surface area contributed by atoms with Crippen LogP contribution in [-0.4, -0.2) is 96.7 Å². The quantitative estimate of drug-likeness (QED) is 0.0222. The van der Waals surface area contributed by atoms with Gasteiger partial charge in [0.05, 0.1) is 26.4 Å². The molecule has 2 unspecified atom stereocenters. The molecule has 17 nitrogen and oxygen atoms in total. The highest BCUT2D eigenvalue weighted by Gasteiger charge is 2.30. The van der Waals surface area contributed by atoms with E-state index in [0.717, 1.165) is 109 Å². The van der Waals surface area contributed by atoms with E-state index in [1.54, 1.807) is 0 Å². The fourth-order valence-electron chi connectivity index (χ4n) is 11.7. The Morgan fingerprint density at radius 3 is 0.716 bits per heavy atom. The molecular weight excluding hydrogens is 1250 g/mol. The SMILES string of the molecule is CCCCCCCCCCCCCCCCCCCCC(=O)O[C@H](COC(=O)CCCCCCCCCCCCCCCCC(C)C)COP(=O)(O)OC[C@@H](O)COP(=O)(O)OC[C@@H](COC(=O)CCCCCCCCC)OC(=O)CCCCCCCCCCCCCCC. The Kier molecular flexibility index (Phi) is 67.7. The van der Waals surface area contributed by atoms with Gasteiger partial charge in [0.15, 0.2) is 12.2 Å². The third-order valence-corrected chi connectivity index (χ3v) is 19.7. The van der Waals surface area contributed by atoms with Crippen LogP contribution in [0.5, 0.6) is 0 Å². The number of phosphoric ester groups is 2. The summed E-state index contributed by atoms with van der Waals surface area (Å²) in [5.41, 5.74) is 0. The van der Waals surface area contributed by atoms with Crippen molar-refractivity contribution < 1.29 is 80.2 Å². The zero-order valence-electron chi connectivity index (χ0n) is 61.8. The third kappa shape index (κ3) is 70.3. The van der Waals surface area contributed by atoms with Gasteiger partial charge >= 0.3 is 39.5 Å². The van der Waals surface area contributed by atoms with Gasteiger partial charge in [-0.1, -0.05) is 349 Å². The van der Waals surface area contributed by atoms with Gasteiger partial charge in [-0.15, -0.1) is 0 Å². The first kappa shape index (κ1) is 93.1. The number of carbonyl (C=O) groups excluding carboxylic acids is 4. The van der Waals surface area contributed by atoms with Crippen molar-refractivity contribution in [1.29, 1.82) is 0 Å². The molecule has 0 bridgehead atoms. The molecule has 0 spiro atoms. The van der Waals surface area contributed by atoms with Crippen LogP contribution in [-0.2, 0) is 65.4 Å². The molecule has 0 aliphatic heterocycles. The van der Waals surface area contributed by atoms with E-state index in [2.05, 4.69) is 34.6 Å². The summed E-state index contributed by atoms with van der Waals surface area (Å²) in [6.07, 6.45) is 58.3. The predicted molar refractivity (Wildman–Crippen MR) is 386 cm³/mol. The average molecular weight is 1400 g/mol. The van der Waals surface area contributed by atoms with Gasteiger partial charge in [0.2, 0.25) is 0 Å². The highest BCUT2D eigenvalue weighted by Crippen LogP contribution is 2.45. The van der Waals surface area contributed by atoms with Crippen LogP contribution in [0.3, 0.4) is 0 Å². The van der Waals surface area contributed by atoms with Gasteiger partial charge in [0, 0.05) is 25.7 Å². The van der Waals surface area contributed by atoms with Gasteiger partial charge in [0.1, 0.15) is 19.3 Å². The maximum absolute atomic E-state index is 13.1. The molecule has 0 aromatic carbocycles. The first-order valence-electron chi connectivity index (χ1n) is 39.6. The van der Waals surface area contributed by atoms with Crippen LogP contribution in [0.2, 0.25) is 0 Å². The Morgan fingerprint density at radius 1 is 0.284 bits per heavy atom. The number of ether oxygens (including phenoxy) is 4. The number of aliphatic hydroxyl groups excluding tert-OH is 1. The van der Waals surface area contributed by atoms with Crippen molar-refractivity contribution in [2.45, 2.75) is 419 Å². The monoisotopic (exact) mass is 1400 g/mol. The van der Waals surface area contributed by atoms with Gasteiger partial charge < -0.3 is 33.8 Å².